The number of aryl methyl sites for hydroxylation is 1. The zero-order valence-corrected chi connectivity index (χ0v) is 16.6. The molecule has 2 saturated heterocycles. The van der Waals surface area contributed by atoms with Crippen LogP contribution < -0.4 is 0 Å². The normalized spacial score (nSPS) is 23.8. The molecule has 3 aliphatic rings. The van der Waals surface area contributed by atoms with E-state index in [4.69, 9.17) is 0 Å². The molecule has 2 heterocycles. The Kier molecular flexibility index (Phi) is 5.38. The first-order chi connectivity index (χ1) is 13.5. The van der Waals surface area contributed by atoms with E-state index in [-0.39, 0.29) is 30.2 Å². The summed E-state index contributed by atoms with van der Waals surface area (Å²) in [5.41, 5.74) is 2.19. The molecule has 150 valence electrons. The van der Waals surface area contributed by atoms with Gasteiger partial charge in [0.05, 0.1) is 0 Å². The summed E-state index contributed by atoms with van der Waals surface area (Å²) >= 11 is 0. The number of benzene rings is 1. The highest BCUT2D eigenvalue weighted by Gasteiger charge is 2.41. The van der Waals surface area contributed by atoms with Crippen molar-refractivity contribution >= 4 is 17.7 Å². The van der Waals surface area contributed by atoms with Crippen molar-refractivity contribution in [3.8, 4) is 0 Å². The lowest BCUT2D eigenvalue weighted by Gasteiger charge is -2.39. The van der Waals surface area contributed by atoms with E-state index >= 15 is 0 Å². The second-order valence-electron chi connectivity index (χ2n) is 8.38. The van der Waals surface area contributed by atoms with Gasteiger partial charge in [0.15, 0.2) is 0 Å². The predicted molar refractivity (Wildman–Crippen MR) is 105 cm³/mol. The van der Waals surface area contributed by atoms with Crippen molar-refractivity contribution in [3.63, 3.8) is 0 Å². The highest BCUT2D eigenvalue weighted by atomic mass is 16.2. The van der Waals surface area contributed by atoms with Gasteiger partial charge in [-0.1, -0.05) is 42.7 Å². The van der Waals surface area contributed by atoms with E-state index in [0.717, 1.165) is 36.8 Å². The average Bonchev–Trinajstić information content (AvgIpc) is 3.11. The molecular weight excluding hydrogens is 354 g/mol. The van der Waals surface area contributed by atoms with E-state index in [1.807, 2.05) is 30.0 Å². The largest absolute Gasteiger partial charge is 0.341 e. The molecular formula is C22H29N3O3. The third-order valence-corrected chi connectivity index (χ3v) is 6.37. The van der Waals surface area contributed by atoms with Gasteiger partial charge in [0, 0.05) is 32.1 Å². The van der Waals surface area contributed by atoms with Gasteiger partial charge in [0.25, 0.3) is 0 Å². The second kappa shape index (κ2) is 7.94. The summed E-state index contributed by atoms with van der Waals surface area (Å²) < 4.78 is 0. The van der Waals surface area contributed by atoms with E-state index in [1.54, 1.807) is 9.80 Å². The van der Waals surface area contributed by atoms with E-state index in [1.165, 1.54) is 0 Å². The summed E-state index contributed by atoms with van der Waals surface area (Å²) in [7, 11) is 0. The van der Waals surface area contributed by atoms with Crippen LogP contribution >= 0.6 is 0 Å². The molecule has 3 amide bonds. The molecule has 4 rings (SSSR count). The summed E-state index contributed by atoms with van der Waals surface area (Å²) in [5.74, 6) is 0.358. The fourth-order valence-corrected chi connectivity index (χ4v) is 4.84. The first kappa shape index (κ1) is 19.0. The number of piperazine rings is 1. The Bertz CT molecular complexity index is 772. The van der Waals surface area contributed by atoms with Crippen LogP contribution in [0.25, 0.3) is 0 Å². The Morgan fingerprint density at radius 3 is 2.61 bits per heavy atom. The number of hydrogen-bond donors (Lipinski definition) is 0. The van der Waals surface area contributed by atoms with E-state index in [0.29, 0.717) is 32.6 Å². The van der Waals surface area contributed by atoms with Gasteiger partial charge in [-0.3, -0.25) is 14.4 Å². The minimum atomic E-state index is -0.438. The molecule has 6 nitrogen and oxygen atoms in total. The minimum absolute atomic E-state index is 0.00702. The maximum Gasteiger partial charge on any atom is 0.246 e. The van der Waals surface area contributed by atoms with E-state index < -0.39 is 6.04 Å². The van der Waals surface area contributed by atoms with Crippen LogP contribution in [-0.2, 0) is 20.9 Å². The number of carbonyl (C=O) groups excluding carboxylic acids is 3. The third kappa shape index (κ3) is 3.77. The van der Waals surface area contributed by atoms with Gasteiger partial charge in [-0.25, -0.2) is 0 Å². The van der Waals surface area contributed by atoms with Crippen LogP contribution in [0, 0.1) is 12.8 Å². The molecule has 1 atom stereocenters. The fraction of sp³-hybridized carbons (Fsp3) is 0.591. The molecule has 0 radical (unpaired) electrons. The molecule has 1 aliphatic carbocycles. The molecule has 6 heteroatoms. The monoisotopic (exact) mass is 383 g/mol. The molecule has 28 heavy (non-hydrogen) atoms. The van der Waals surface area contributed by atoms with Crippen LogP contribution in [0.4, 0.5) is 0 Å². The topological polar surface area (TPSA) is 60.9 Å². The van der Waals surface area contributed by atoms with Gasteiger partial charge < -0.3 is 14.7 Å². The first-order valence-electron chi connectivity index (χ1n) is 10.5. The average molecular weight is 383 g/mol. The van der Waals surface area contributed by atoms with Crippen molar-refractivity contribution in [2.45, 2.75) is 51.6 Å². The second-order valence-corrected chi connectivity index (χ2v) is 8.38. The van der Waals surface area contributed by atoms with Gasteiger partial charge in [-0.05, 0) is 31.7 Å². The first-order valence-corrected chi connectivity index (χ1v) is 10.5. The Morgan fingerprint density at radius 1 is 1.07 bits per heavy atom. The lowest BCUT2D eigenvalue weighted by molar-refractivity contribution is -0.156. The quantitative estimate of drug-likeness (QED) is 0.802. The SMILES string of the molecule is Cc1cccc(CN2CC(=O)N3CCN(C(=O)C4CCCC4)CCC3C2=O)c1. The maximum absolute atomic E-state index is 13.1. The number of rotatable bonds is 3. The van der Waals surface area contributed by atoms with Gasteiger partial charge >= 0.3 is 0 Å². The van der Waals surface area contributed by atoms with Crippen molar-refractivity contribution in [3.05, 3.63) is 35.4 Å². The minimum Gasteiger partial charge on any atom is -0.341 e. The van der Waals surface area contributed by atoms with Crippen LogP contribution in [0.15, 0.2) is 24.3 Å². The molecule has 2 aliphatic heterocycles. The van der Waals surface area contributed by atoms with Crippen molar-refractivity contribution in [2.75, 3.05) is 26.2 Å². The third-order valence-electron chi connectivity index (χ3n) is 6.37. The van der Waals surface area contributed by atoms with Gasteiger partial charge in [-0.15, -0.1) is 0 Å². The number of fused-ring (bicyclic) bond motifs is 1. The Morgan fingerprint density at radius 2 is 1.86 bits per heavy atom. The molecule has 0 bridgehead atoms. The van der Waals surface area contributed by atoms with Crippen LogP contribution in [0.1, 0.15) is 43.2 Å². The van der Waals surface area contributed by atoms with E-state index in [9.17, 15) is 14.4 Å². The summed E-state index contributed by atoms with van der Waals surface area (Å²) in [6.45, 7) is 4.18. The molecule has 0 spiro atoms. The predicted octanol–water partition coefficient (Wildman–Crippen LogP) is 1.96. The van der Waals surface area contributed by atoms with Crippen molar-refractivity contribution in [1.29, 1.82) is 0 Å². The molecule has 1 unspecified atom stereocenters. The summed E-state index contributed by atoms with van der Waals surface area (Å²) in [6, 6.07) is 7.61. The Balaban J connectivity index is 1.45. The number of carbonyl (C=O) groups is 3. The summed E-state index contributed by atoms with van der Waals surface area (Å²) in [6.07, 6.45) is 4.75. The zero-order chi connectivity index (χ0) is 19.7. The number of amides is 3. The Hall–Kier alpha value is -2.37. The van der Waals surface area contributed by atoms with Crippen LogP contribution in [0.5, 0.6) is 0 Å². The Labute approximate surface area is 166 Å². The van der Waals surface area contributed by atoms with Gasteiger partial charge in [-0.2, -0.15) is 0 Å². The van der Waals surface area contributed by atoms with Crippen LogP contribution in [-0.4, -0.2) is 64.6 Å². The van der Waals surface area contributed by atoms with Gasteiger partial charge in [0.2, 0.25) is 17.7 Å². The molecule has 1 aromatic rings. The van der Waals surface area contributed by atoms with Crippen molar-refractivity contribution < 1.29 is 14.4 Å². The maximum atomic E-state index is 13.1. The summed E-state index contributed by atoms with van der Waals surface area (Å²) in [5, 5.41) is 0. The number of hydrogen-bond acceptors (Lipinski definition) is 3. The lowest BCUT2D eigenvalue weighted by Crippen LogP contribution is -2.59. The highest BCUT2D eigenvalue weighted by Crippen LogP contribution is 2.28. The molecule has 0 aromatic heterocycles. The molecule has 0 N–H and O–H groups in total. The van der Waals surface area contributed by atoms with E-state index in [2.05, 4.69) is 6.07 Å². The molecule has 1 aromatic carbocycles. The fourth-order valence-electron chi connectivity index (χ4n) is 4.84. The van der Waals surface area contributed by atoms with Crippen LogP contribution in [0.3, 0.4) is 0 Å². The number of nitrogens with zero attached hydrogens (tertiary/aromatic N) is 3. The standard InChI is InChI=1S/C22H29N3O3/c1-16-5-4-6-17(13-16)14-24-15-20(26)25-12-11-23(10-9-19(25)22(24)28)21(27)18-7-2-3-8-18/h4-6,13,18-19H,2-3,7-12,14-15H2,1H3. The summed E-state index contributed by atoms with van der Waals surface area (Å²) in [4.78, 5) is 43.9. The van der Waals surface area contributed by atoms with Crippen molar-refractivity contribution in [2.24, 2.45) is 5.92 Å². The smallest absolute Gasteiger partial charge is 0.246 e. The zero-order valence-electron chi connectivity index (χ0n) is 16.6. The lowest BCUT2D eigenvalue weighted by atomic mass is 10.0. The van der Waals surface area contributed by atoms with Crippen LogP contribution in [0.2, 0.25) is 0 Å². The molecule has 3 fully saturated rings. The molecule has 1 saturated carbocycles. The van der Waals surface area contributed by atoms with Gasteiger partial charge in [0.1, 0.15) is 12.6 Å². The highest BCUT2D eigenvalue weighted by molar-refractivity contribution is 5.95. The van der Waals surface area contributed by atoms with Crippen molar-refractivity contribution in [1.82, 2.24) is 14.7 Å².